The van der Waals surface area contributed by atoms with Crippen molar-refractivity contribution in [1.29, 1.82) is 0 Å². The molecule has 2 aromatic heterocycles. The number of fused-ring (bicyclic) bond motifs is 1. The maximum absolute atomic E-state index is 12.5. The maximum Gasteiger partial charge on any atom is 0.359 e. The van der Waals surface area contributed by atoms with Gasteiger partial charge in [0.15, 0.2) is 0 Å². The quantitative estimate of drug-likeness (QED) is 0.481. The van der Waals surface area contributed by atoms with Crippen LogP contribution in [0.4, 0.5) is 5.69 Å². The Balaban J connectivity index is 2.21. The van der Waals surface area contributed by atoms with Gasteiger partial charge in [-0.25, -0.2) is 4.98 Å². The van der Waals surface area contributed by atoms with Crippen molar-refractivity contribution in [2.24, 2.45) is 0 Å². The molecule has 6 heteroatoms. The van der Waals surface area contributed by atoms with Gasteiger partial charge in [0.05, 0.1) is 4.92 Å². The van der Waals surface area contributed by atoms with Gasteiger partial charge in [-0.3, -0.25) is 19.3 Å². The average Bonchev–Trinajstić information content (AvgIpc) is 2.75. The van der Waals surface area contributed by atoms with Crippen molar-refractivity contribution in [3.63, 3.8) is 0 Å². The molecule has 1 saturated carbocycles. The van der Waals surface area contributed by atoms with Gasteiger partial charge in [0, 0.05) is 6.20 Å². The predicted molar refractivity (Wildman–Crippen MR) is 88.5 cm³/mol. The number of pyridine rings is 1. The van der Waals surface area contributed by atoms with Crippen LogP contribution in [0.5, 0.6) is 0 Å². The highest BCUT2D eigenvalue weighted by Crippen LogP contribution is 2.25. The van der Waals surface area contributed by atoms with Gasteiger partial charge in [-0.05, 0) is 56.4 Å². The van der Waals surface area contributed by atoms with Crippen LogP contribution in [0.3, 0.4) is 0 Å². The summed E-state index contributed by atoms with van der Waals surface area (Å²) in [6, 6.07) is 3.50. The SMILES string of the molecule is Cc1ccn2c(=O)c([N+](=O)[O-])c(C=C3CCCCCC3)nc2c1. The Morgan fingerprint density at radius 3 is 2.61 bits per heavy atom. The molecule has 0 aromatic carbocycles. The largest absolute Gasteiger partial charge is 0.359 e. The summed E-state index contributed by atoms with van der Waals surface area (Å²) in [5.74, 6) is 0. The molecular formula is C17H19N3O3. The van der Waals surface area contributed by atoms with E-state index in [0.717, 1.165) is 36.8 Å². The molecule has 1 fully saturated rings. The fourth-order valence-electron chi connectivity index (χ4n) is 3.04. The van der Waals surface area contributed by atoms with Gasteiger partial charge in [0.25, 0.3) is 0 Å². The fraction of sp³-hybridized carbons (Fsp3) is 0.412. The smallest absolute Gasteiger partial charge is 0.262 e. The van der Waals surface area contributed by atoms with Crippen LogP contribution in [0.15, 0.2) is 28.7 Å². The van der Waals surface area contributed by atoms with Crippen molar-refractivity contribution < 1.29 is 4.92 Å². The zero-order valence-corrected chi connectivity index (χ0v) is 13.1. The lowest BCUT2D eigenvalue weighted by molar-refractivity contribution is -0.386. The summed E-state index contributed by atoms with van der Waals surface area (Å²) in [4.78, 5) is 27.6. The number of nitrogens with zero attached hydrogens (tertiary/aromatic N) is 3. The summed E-state index contributed by atoms with van der Waals surface area (Å²) >= 11 is 0. The van der Waals surface area contributed by atoms with E-state index in [2.05, 4.69) is 4.98 Å². The molecular weight excluding hydrogens is 294 g/mol. The van der Waals surface area contributed by atoms with E-state index in [-0.39, 0.29) is 5.69 Å². The molecule has 3 rings (SSSR count). The molecule has 6 nitrogen and oxygen atoms in total. The van der Waals surface area contributed by atoms with Crippen molar-refractivity contribution in [1.82, 2.24) is 9.38 Å². The number of rotatable bonds is 2. The van der Waals surface area contributed by atoms with Crippen molar-refractivity contribution in [3.05, 3.63) is 55.6 Å². The van der Waals surface area contributed by atoms with Crippen molar-refractivity contribution in [3.8, 4) is 0 Å². The van der Waals surface area contributed by atoms with Crippen molar-refractivity contribution in [2.75, 3.05) is 0 Å². The minimum absolute atomic E-state index is 0.183. The molecule has 0 N–H and O–H groups in total. The molecule has 1 aliphatic rings. The topological polar surface area (TPSA) is 77.5 Å². The highest BCUT2D eigenvalue weighted by Gasteiger charge is 2.22. The molecule has 2 heterocycles. The number of allylic oxidation sites excluding steroid dienone is 1. The average molecular weight is 313 g/mol. The predicted octanol–water partition coefficient (Wildman–Crippen LogP) is 3.65. The molecule has 0 bridgehead atoms. The third-order valence-corrected chi connectivity index (χ3v) is 4.26. The molecule has 0 unspecified atom stereocenters. The number of hydrogen-bond acceptors (Lipinski definition) is 4. The van der Waals surface area contributed by atoms with Crippen molar-refractivity contribution in [2.45, 2.75) is 45.4 Å². The first-order chi connectivity index (χ1) is 11.1. The van der Waals surface area contributed by atoms with E-state index in [0.29, 0.717) is 5.65 Å². The van der Waals surface area contributed by atoms with E-state index < -0.39 is 16.2 Å². The van der Waals surface area contributed by atoms with Crippen LogP contribution in [0.2, 0.25) is 0 Å². The van der Waals surface area contributed by atoms with E-state index in [9.17, 15) is 14.9 Å². The second-order valence-corrected chi connectivity index (χ2v) is 6.06. The van der Waals surface area contributed by atoms with Crippen LogP contribution >= 0.6 is 0 Å². The van der Waals surface area contributed by atoms with Gasteiger partial charge < -0.3 is 0 Å². The second-order valence-electron chi connectivity index (χ2n) is 6.06. The van der Waals surface area contributed by atoms with Crippen LogP contribution in [0, 0.1) is 17.0 Å². The zero-order valence-electron chi connectivity index (χ0n) is 13.1. The summed E-state index contributed by atoms with van der Waals surface area (Å²) in [6.07, 6.45) is 9.69. The van der Waals surface area contributed by atoms with Crippen LogP contribution in [-0.2, 0) is 0 Å². The Morgan fingerprint density at radius 1 is 1.26 bits per heavy atom. The number of aryl methyl sites for hydroxylation is 1. The number of nitro groups is 1. The molecule has 0 aliphatic heterocycles. The van der Waals surface area contributed by atoms with Crippen LogP contribution in [-0.4, -0.2) is 14.3 Å². The lowest BCUT2D eigenvalue weighted by Crippen LogP contribution is -2.20. The van der Waals surface area contributed by atoms with Gasteiger partial charge in [-0.1, -0.05) is 18.4 Å². The van der Waals surface area contributed by atoms with E-state index in [1.165, 1.54) is 23.4 Å². The first-order valence-electron chi connectivity index (χ1n) is 7.93. The minimum Gasteiger partial charge on any atom is -0.262 e. The third kappa shape index (κ3) is 3.16. The Hall–Kier alpha value is -2.50. The normalized spacial score (nSPS) is 15.4. The van der Waals surface area contributed by atoms with Gasteiger partial charge in [0.1, 0.15) is 11.3 Å². The summed E-state index contributed by atoms with van der Waals surface area (Å²) in [5, 5.41) is 11.4. The van der Waals surface area contributed by atoms with E-state index in [1.54, 1.807) is 18.2 Å². The van der Waals surface area contributed by atoms with Crippen LogP contribution < -0.4 is 5.56 Å². The Labute approximate surface area is 133 Å². The Bertz CT molecular complexity index is 842. The monoisotopic (exact) mass is 313 g/mol. The van der Waals surface area contributed by atoms with Gasteiger partial charge in [0.2, 0.25) is 0 Å². The summed E-state index contributed by atoms with van der Waals surface area (Å²) in [6.45, 7) is 1.90. The zero-order chi connectivity index (χ0) is 16.4. The first-order valence-corrected chi connectivity index (χ1v) is 7.93. The Kier molecular flexibility index (Phi) is 4.23. The first kappa shape index (κ1) is 15.4. The standard InChI is InChI=1S/C17H19N3O3/c1-12-8-9-19-15(10-12)18-14(16(17(19)21)20(22)23)11-13-6-4-2-3-5-7-13/h8-11H,2-7H2,1H3. The van der Waals surface area contributed by atoms with E-state index >= 15 is 0 Å². The highest BCUT2D eigenvalue weighted by molar-refractivity contribution is 5.62. The molecule has 1 aliphatic carbocycles. The summed E-state index contributed by atoms with van der Waals surface area (Å²) in [7, 11) is 0. The lowest BCUT2D eigenvalue weighted by atomic mass is 10.1. The molecule has 0 saturated heterocycles. The maximum atomic E-state index is 12.5. The molecule has 0 spiro atoms. The van der Waals surface area contributed by atoms with Gasteiger partial charge in [-0.15, -0.1) is 0 Å². The van der Waals surface area contributed by atoms with Gasteiger partial charge >= 0.3 is 11.2 Å². The molecule has 2 aromatic rings. The summed E-state index contributed by atoms with van der Waals surface area (Å²) in [5.41, 5.74) is 1.67. The van der Waals surface area contributed by atoms with Crippen LogP contribution in [0.25, 0.3) is 11.7 Å². The third-order valence-electron chi connectivity index (χ3n) is 4.26. The molecule has 0 radical (unpaired) electrons. The molecule has 23 heavy (non-hydrogen) atoms. The van der Waals surface area contributed by atoms with Crippen LogP contribution in [0.1, 0.15) is 49.8 Å². The Morgan fingerprint density at radius 2 is 1.96 bits per heavy atom. The van der Waals surface area contributed by atoms with E-state index in [4.69, 9.17) is 0 Å². The van der Waals surface area contributed by atoms with Crippen molar-refractivity contribution >= 4 is 17.4 Å². The second kappa shape index (κ2) is 6.32. The fourth-order valence-corrected chi connectivity index (χ4v) is 3.04. The highest BCUT2D eigenvalue weighted by atomic mass is 16.6. The molecule has 120 valence electrons. The lowest BCUT2D eigenvalue weighted by Gasteiger charge is -2.06. The minimum atomic E-state index is -0.625. The molecule has 0 amide bonds. The van der Waals surface area contributed by atoms with E-state index in [1.807, 2.05) is 6.92 Å². The number of hydrogen-bond donors (Lipinski definition) is 0. The summed E-state index contributed by atoms with van der Waals surface area (Å²) < 4.78 is 1.24. The van der Waals surface area contributed by atoms with Gasteiger partial charge in [-0.2, -0.15) is 0 Å². The molecule has 0 atom stereocenters. The number of aromatic nitrogens is 2.